The maximum Gasteiger partial charge on any atom is 0.298 e. The highest BCUT2D eigenvalue weighted by Gasteiger charge is 2.10. The van der Waals surface area contributed by atoms with Crippen molar-refractivity contribution in [2.45, 2.75) is 0 Å². The molecule has 1 aromatic rings. The van der Waals surface area contributed by atoms with E-state index in [-0.39, 0.29) is 10.8 Å². The summed E-state index contributed by atoms with van der Waals surface area (Å²) in [5, 5.41) is 0.0898. The number of aromatic nitrogens is 1. The zero-order valence-electron chi connectivity index (χ0n) is 7.08. The van der Waals surface area contributed by atoms with E-state index in [9.17, 15) is 8.42 Å². The molecular weight excluding hydrogens is 294 g/mol. The van der Waals surface area contributed by atoms with Gasteiger partial charge < -0.3 is 0 Å². The summed E-state index contributed by atoms with van der Waals surface area (Å²) in [4.78, 5) is 3.76. The molecule has 1 rings (SSSR count). The van der Waals surface area contributed by atoms with Gasteiger partial charge in [0.25, 0.3) is 10.2 Å². The van der Waals surface area contributed by atoms with Crippen LogP contribution in [0, 0.1) is 0 Å². The van der Waals surface area contributed by atoms with E-state index < -0.39 is 10.2 Å². The van der Waals surface area contributed by atoms with E-state index >= 15 is 0 Å². The Balaban J connectivity index is 3.03. The molecule has 0 amide bonds. The summed E-state index contributed by atoms with van der Waals surface area (Å²) >= 11 is 8.82. The molecule has 0 saturated heterocycles. The molecular formula is C6H7BrClN3O2S. The molecule has 0 fully saturated rings. The lowest BCUT2D eigenvalue weighted by Gasteiger charge is -2.07. The van der Waals surface area contributed by atoms with Crippen molar-refractivity contribution in [2.75, 3.05) is 11.8 Å². The lowest BCUT2D eigenvalue weighted by Crippen LogP contribution is -2.26. The maximum atomic E-state index is 11.1. The average molecular weight is 301 g/mol. The van der Waals surface area contributed by atoms with E-state index in [1.165, 1.54) is 19.3 Å². The molecule has 0 aromatic carbocycles. The van der Waals surface area contributed by atoms with Gasteiger partial charge in [0.2, 0.25) is 0 Å². The quantitative estimate of drug-likeness (QED) is 0.828. The average Bonchev–Trinajstić information content (AvgIpc) is 2.11. The van der Waals surface area contributed by atoms with Gasteiger partial charge in [0.1, 0.15) is 0 Å². The number of anilines is 1. The number of hydrogen-bond donors (Lipinski definition) is 2. The fourth-order valence-corrected chi connectivity index (χ4v) is 1.78. The predicted octanol–water partition coefficient (Wildman–Crippen LogP) is 1.37. The minimum absolute atomic E-state index is 0.0898. The van der Waals surface area contributed by atoms with Crippen molar-refractivity contribution in [3.8, 4) is 0 Å². The third kappa shape index (κ3) is 3.09. The first-order chi connectivity index (χ1) is 6.44. The van der Waals surface area contributed by atoms with Gasteiger partial charge in [0, 0.05) is 17.7 Å². The Labute approximate surface area is 95.2 Å². The topological polar surface area (TPSA) is 71.1 Å². The highest BCUT2D eigenvalue weighted by molar-refractivity contribution is 9.10. The first-order valence-electron chi connectivity index (χ1n) is 3.47. The number of rotatable bonds is 3. The summed E-state index contributed by atoms with van der Waals surface area (Å²) in [7, 11) is -2.26. The number of hydrogen-bond acceptors (Lipinski definition) is 3. The largest absolute Gasteiger partial charge is 0.298 e. The van der Waals surface area contributed by atoms with Crippen LogP contribution in [0.3, 0.4) is 0 Å². The Bertz CT molecular complexity index is 437. The van der Waals surface area contributed by atoms with Gasteiger partial charge in [0.05, 0.1) is 5.69 Å². The lowest BCUT2D eigenvalue weighted by molar-refractivity contribution is 0.593. The summed E-state index contributed by atoms with van der Waals surface area (Å²) in [6, 6.07) is 1.52. The molecule has 2 N–H and O–H groups in total. The van der Waals surface area contributed by atoms with Gasteiger partial charge in [0.15, 0.2) is 5.15 Å². The molecule has 0 spiro atoms. The third-order valence-corrected chi connectivity index (χ3v) is 3.08. The minimum atomic E-state index is -3.56. The van der Waals surface area contributed by atoms with Crippen LogP contribution in [0.25, 0.3) is 0 Å². The second kappa shape index (κ2) is 4.43. The molecule has 0 aliphatic carbocycles. The summed E-state index contributed by atoms with van der Waals surface area (Å²) in [5.41, 5.74) is 0.218. The Morgan fingerprint density at radius 2 is 2.21 bits per heavy atom. The van der Waals surface area contributed by atoms with Gasteiger partial charge in [-0.05, 0) is 22.0 Å². The van der Waals surface area contributed by atoms with E-state index in [1.807, 2.05) is 0 Å². The summed E-state index contributed by atoms with van der Waals surface area (Å²) in [6.07, 6.45) is 1.47. The first-order valence-corrected chi connectivity index (χ1v) is 6.12. The molecule has 78 valence electrons. The number of nitrogens with one attached hydrogen (secondary N) is 2. The second-order valence-electron chi connectivity index (χ2n) is 2.30. The van der Waals surface area contributed by atoms with Gasteiger partial charge in [-0.3, -0.25) is 4.72 Å². The number of pyridine rings is 1. The Morgan fingerprint density at radius 3 is 2.79 bits per heavy atom. The molecule has 0 bridgehead atoms. The fraction of sp³-hybridized carbons (Fsp3) is 0.167. The van der Waals surface area contributed by atoms with E-state index in [0.29, 0.717) is 4.47 Å². The van der Waals surface area contributed by atoms with Gasteiger partial charge in [-0.15, -0.1) is 0 Å². The smallest absolute Gasteiger partial charge is 0.268 e. The van der Waals surface area contributed by atoms with E-state index in [0.717, 1.165) is 0 Å². The van der Waals surface area contributed by atoms with Crippen LogP contribution in [0.1, 0.15) is 0 Å². The van der Waals surface area contributed by atoms with Crippen LogP contribution in [0.4, 0.5) is 5.69 Å². The van der Waals surface area contributed by atoms with E-state index in [2.05, 4.69) is 30.4 Å². The van der Waals surface area contributed by atoms with Crippen molar-refractivity contribution in [3.05, 3.63) is 21.9 Å². The number of nitrogens with zero attached hydrogens (tertiary/aromatic N) is 1. The van der Waals surface area contributed by atoms with Crippen molar-refractivity contribution in [1.29, 1.82) is 0 Å². The lowest BCUT2D eigenvalue weighted by atomic mass is 10.4. The first kappa shape index (κ1) is 11.7. The van der Waals surface area contributed by atoms with E-state index in [4.69, 9.17) is 11.6 Å². The molecule has 0 aliphatic heterocycles. The van der Waals surface area contributed by atoms with Gasteiger partial charge in [-0.2, -0.15) is 8.42 Å². The van der Waals surface area contributed by atoms with Crippen LogP contribution in [0.2, 0.25) is 5.15 Å². The van der Waals surface area contributed by atoms with Gasteiger partial charge in [-0.1, -0.05) is 11.6 Å². The van der Waals surface area contributed by atoms with Gasteiger partial charge in [-0.25, -0.2) is 9.71 Å². The molecule has 0 unspecified atom stereocenters. The molecule has 5 nitrogen and oxygen atoms in total. The molecule has 8 heteroatoms. The van der Waals surface area contributed by atoms with Crippen molar-refractivity contribution < 1.29 is 8.42 Å². The highest BCUT2D eigenvalue weighted by Crippen LogP contribution is 2.23. The molecule has 0 atom stereocenters. The minimum Gasteiger partial charge on any atom is -0.268 e. The van der Waals surface area contributed by atoms with Crippen LogP contribution in [0.5, 0.6) is 0 Å². The third-order valence-electron chi connectivity index (χ3n) is 1.32. The molecule has 14 heavy (non-hydrogen) atoms. The number of halogens is 2. The van der Waals surface area contributed by atoms with Crippen LogP contribution in [-0.4, -0.2) is 20.4 Å². The summed E-state index contributed by atoms with van der Waals surface area (Å²) in [6.45, 7) is 0. The van der Waals surface area contributed by atoms with Crippen molar-refractivity contribution in [1.82, 2.24) is 9.71 Å². The summed E-state index contributed by atoms with van der Waals surface area (Å²) < 4.78 is 27.2. The fourth-order valence-electron chi connectivity index (χ4n) is 0.690. The molecule has 0 radical (unpaired) electrons. The second-order valence-corrected chi connectivity index (χ2v) is 5.19. The summed E-state index contributed by atoms with van der Waals surface area (Å²) in [5.74, 6) is 0. The normalized spacial score (nSPS) is 11.4. The Hall–Kier alpha value is -0.370. The zero-order valence-corrected chi connectivity index (χ0v) is 10.2. The van der Waals surface area contributed by atoms with Gasteiger partial charge >= 0.3 is 0 Å². The Morgan fingerprint density at radius 1 is 1.57 bits per heavy atom. The van der Waals surface area contributed by atoms with Crippen LogP contribution in [-0.2, 0) is 10.2 Å². The van der Waals surface area contributed by atoms with Crippen molar-refractivity contribution in [2.24, 2.45) is 0 Å². The predicted molar refractivity (Wildman–Crippen MR) is 58.5 cm³/mol. The molecule has 1 aromatic heterocycles. The van der Waals surface area contributed by atoms with Crippen LogP contribution < -0.4 is 9.44 Å². The monoisotopic (exact) mass is 299 g/mol. The molecule has 0 saturated carbocycles. The van der Waals surface area contributed by atoms with Crippen LogP contribution >= 0.6 is 27.5 Å². The Kier molecular flexibility index (Phi) is 3.71. The SMILES string of the molecule is CNS(=O)(=O)Nc1cc(Br)cnc1Cl. The molecule has 1 heterocycles. The zero-order chi connectivity index (χ0) is 10.8. The van der Waals surface area contributed by atoms with Crippen molar-refractivity contribution in [3.63, 3.8) is 0 Å². The molecule has 0 aliphatic rings. The maximum absolute atomic E-state index is 11.1. The van der Waals surface area contributed by atoms with E-state index in [1.54, 1.807) is 0 Å². The van der Waals surface area contributed by atoms with Crippen molar-refractivity contribution >= 4 is 43.4 Å². The van der Waals surface area contributed by atoms with Crippen LogP contribution in [0.15, 0.2) is 16.7 Å². The highest BCUT2D eigenvalue weighted by atomic mass is 79.9. The standard InChI is InChI=1S/C6H7BrClN3O2S/c1-9-14(12,13)11-5-2-4(7)3-10-6(5)8/h2-3,9,11H,1H3.